The van der Waals surface area contributed by atoms with Gasteiger partial charge >= 0.3 is 0 Å². The maximum Gasteiger partial charge on any atom is 0.262 e. The van der Waals surface area contributed by atoms with Crippen LogP contribution in [0.2, 0.25) is 5.04 Å². The van der Waals surface area contributed by atoms with E-state index >= 15 is 0 Å². The van der Waals surface area contributed by atoms with E-state index in [1.807, 2.05) is 36.4 Å². The normalized spacial score (nSPS) is 24.8. The fourth-order valence-corrected chi connectivity index (χ4v) is 9.71. The minimum absolute atomic E-state index is 0.124. The topological polar surface area (TPSA) is 36.9 Å². The second-order valence-electron chi connectivity index (χ2n) is 9.93. The molecule has 0 bridgehead atoms. The van der Waals surface area contributed by atoms with Crippen LogP contribution in [-0.4, -0.2) is 33.2 Å². The summed E-state index contributed by atoms with van der Waals surface area (Å²) in [6.45, 7) is 7.32. The lowest BCUT2D eigenvalue weighted by Gasteiger charge is -2.48. The molecule has 5 heteroatoms. The van der Waals surface area contributed by atoms with Crippen molar-refractivity contribution in [3.63, 3.8) is 0 Å². The summed E-state index contributed by atoms with van der Waals surface area (Å²) in [5.41, 5.74) is 1.000. The van der Waals surface area contributed by atoms with Crippen molar-refractivity contribution in [2.45, 2.75) is 50.4 Å². The van der Waals surface area contributed by atoms with Gasteiger partial charge in [-0.25, -0.2) is 0 Å². The molecule has 0 radical (unpaired) electrons. The largest absolute Gasteiger partial charge is 0.493 e. The minimum Gasteiger partial charge on any atom is -0.493 e. The van der Waals surface area contributed by atoms with Crippen molar-refractivity contribution < 1.29 is 18.6 Å². The molecule has 34 heavy (non-hydrogen) atoms. The minimum atomic E-state index is -2.74. The summed E-state index contributed by atoms with van der Waals surface area (Å²) in [5.74, 6) is 0. The zero-order valence-electron chi connectivity index (χ0n) is 20.0. The Bertz CT molecular complexity index is 1060. The van der Waals surface area contributed by atoms with E-state index in [0.717, 1.165) is 5.56 Å². The van der Waals surface area contributed by atoms with Gasteiger partial charge in [0.05, 0.1) is 19.0 Å². The average Bonchev–Trinajstić information content (AvgIpc) is 2.88. The third kappa shape index (κ3) is 4.25. The summed E-state index contributed by atoms with van der Waals surface area (Å²) in [6.07, 6.45) is 2.56. The Hall–Kier alpha value is -2.70. The molecule has 4 nitrogen and oxygen atoms in total. The van der Waals surface area contributed by atoms with E-state index in [0.29, 0.717) is 6.61 Å². The van der Waals surface area contributed by atoms with E-state index < -0.39 is 14.6 Å². The highest BCUT2D eigenvalue weighted by Gasteiger charge is 2.53. The highest BCUT2D eigenvalue weighted by atomic mass is 28.4. The molecule has 0 saturated carbocycles. The molecule has 3 aromatic carbocycles. The van der Waals surface area contributed by atoms with E-state index in [1.165, 1.54) is 10.4 Å². The summed E-state index contributed by atoms with van der Waals surface area (Å²) in [5, 5.41) is 2.37. The quantitative estimate of drug-likeness (QED) is 0.492. The molecule has 4 atom stereocenters. The van der Waals surface area contributed by atoms with Gasteiger partial charge in [0, 0.05) is 5.56 Å². The number of rotatable bonds is 5. The van der Waals surface area contributed by atoms with Crippen molar-refractivity contribution in [3.05, 3.63) is 109 Å². The molecular weight excluding hydrogens is 440 g/mol. The number of hydrogen-bond acceptors (Lipinski definition) is 4. The van der Waals surface area contributed by atoms with Gasteiger partial charge in [0.15, 0.2) is 12.4 Å². The molecule has 1 fully saturated rings. The molecule has 1 saturated heterocycles. The van der Waals surface area contributed by atoms with Crippen LogP contribution in [0.4, 0.5) is 0 Å². The van der Waals surface area contributed by atoms with Gasteiger partial charge < -0.3 is 18.6 Å². The van der Waals surface area contributed by atoms with Crippen molar-refractivity contribution in [1.82, 2.24) is 0 Å². The third-order valence-corrected chi connectivity index (χ3v) is 11.7. The number of ether oxygens (including phenoxy) is 3. The third-order valence-electron chi connectivity index (χ3n) is 6.71. The van der Waals surface area contributed by atoms with Crippen molar-refractivity contribution in [2.24, 2.45) is 0 Å². The first-order valence-corrected chi connectivity index (χ1v) is 13.8. The van der Waals surface area contributed by atoms with Crippen LogP contribution in [0.5, 0.6) is 0 Å². The monoisotopic (exact) mass is 472 g/mol. The average molecular weight is 473 g/mol. The first-order valence-electron chi connectivity index (χ1n) is 11.9. The van der Waals surface area contributed by atoms with E-state index in [1.54, 1.807) is 6.26 Å². The smallest absolute Gasteiger partial charge is 0.262 e. The van der Waals surface area contributed by atoms with Crippen LogP contribution in [0, 0.1) is 0 Å². The van der Waals surface area contributed by atoms with Crippen LogP contribution < -0.4 is 10.4 Å². The molecule has 0 spiro atoms. The molecule has 0 aromatic heterocycles. The molecule has 0 N–H and O–H groups in total. The Morgan fingerprint density at radius 1 is 0.794 bits per heavy atom. The number of fused-ring (bicyclic) bond motifs is 1. The molecule has 2 heterocycles. The lowest BCUT2D eigenvalue weighted by atomic mass is 10.0. The SMILES string of the molecule is CC(C)(C)[Si](O[C@@H]1C=CO[C@@H]2COC(c3ccccc3)O[C@@H]12)(c1ccccc1)c1ccccc1. The van der Waals surface area contributed by atoms with Crippen LogP contribution in [0.25, 0.3) is 0 Å². The van der Waals surface area contributed by atoms with E-state index in [2.05, 4.69) is 81.4 Å². The molecular formula is C29H32O4Si. The molecule has 176 valence electrons. The Kier molecular flexibility index (Phi) is 6.45. The van der Waals surface area contributed by atoms with Gasteiger partial charge in [0.2, 0.25) is 0 Å². The standard InChI is InChI=1S/C29H32O4Si/c1-29(2,3)34(23-15-9-5-10-16-23,24-17-11-6-12-18-24)33-25-19-20-30-26-21-31-28(32-27(25)26)22-13-7-4-8-14-22/h4-20,25-28H,21H2,1-3H3/t25-,26-,27+,28?/m1/s1. The van der Waals surface area contributed by atoms with Gasteiger partial charge in [-0.15, -0.1) is 0 Å². The Labute approximate surface area is 203 Å². The second-order valence-corrected chi connectivity index (χ2v) is 14.2. The van der Waals surface area contributed by atoms with Gasteiger partial charge in [-0.3, -0.25) is 0 Å². The van der Waals surface area contributed by atoms with Gasteiger partial charge in [-0.1, -0.05) is 112 Å². The molecule has 2 aliphatic rings. The van der Waals surface area contributed by atoms with Crippen LogP contribution in [0.15, 0.2) is 103 Å². The Morgan fingerprint density at radius 3 is 1.91 bits per heavy atom. The first kappa shape index (κ1) is 23.1. The zero-order chi connectivity index (χ0) is 23.6. The van der Waals surface area contributed by atoms with Crippen LogP contribution in [0.1, 0.15) is 32.6 Å². The molecule has 1 unspecified atom stereocenters. The Balaban J connectivity index is 1.55. The van der Waals surface area contributed by atoms with Crippen LogP contribution >= 0.6 is 0 Å². The number of hydrogen-bond donors (Lipinski definition) is 0. The molecule has 0 aliphatic carbocycles. The predicted octanol–water partition coefficient (Wildman–Crippen LogP) is 4.96. The van der Waals surface area contributed by atoms with Gasteiger partial charge in [0.1, 0.15) is 6.10 Å². The Morgan fingerprint density at radius 2 is 1.35 bits per heavy atom. The molecule has 2 aliphatic heterocycles. The second kappa shape index (κ2) is 9.51. The summed E-state index contributed by atoms with van der Waals surface area (Å²) < 4.78 is 25.8. The van der Waals surface area contributed by atoms with E-state index in [-0.39, 0.29) is 23.4 Å². The summed E-state index contributed by atoms with van der Waals surface area (Å²) in [6, 6.07) is 31.4. The summed E-state index contributed by atoms with van der Waals surface area (Å²) in [4.78, 5) is 0. The lowest BCUT2D eigenvalue weighted by molar-refractivity contribution is -0.274. The summed E-state index contributed by atoms with van der Waals surface area (Å²) >= 11 is 0. The zero-order valence-corrected chi connectivity index (χ0v) is 21.0. The maximum atomic E-state index is 7.36. The van der Waals surface area contributed by atoms with Gasteiger partial charge in [0.25, 0.3) is 8.32 Å². The molecule has 3 aromatic rings. The van der Waals surface area contributed by atoms with Crippen molar-refractivity contribution >= 4 is 18.7 Å². The van der Waals surface area contributed by atoms with Crippen molar-refractivity contribution in [2.75, 3.05) is 6.61 Å². The van der Waals surface area contributed by atoms with E-state index in [4.69, 9.17) is 18.6 Å². The van der Waals surface area contributed by atoms with Crippen molar-refractivity contribution in [1.29, 1.82) is 0 Å². The van der Waals surface area contributed by atoms with Gasteiger partial charge in [-0.05, 0) is 21.5 Å². The lowest BCUT2D eigenvalue weighted by Crippen LogP contribution is -2.69. The highest BCUT2D eigenvalue weighted by Crippen LogP contribution is 2.40. The van der Waals surface area contributed by atoms with E-state index in [9.17, 15) is 0 Å². The summed E-state index contributed by atoms with van der Waals surface area (Å²) in [7, 11) is -2.74. The van der Waals surface area contributed by atoms with Crippen LogP contribution in [-0.2, 0) is 18.6 Å². The number of benzene rings is 3. The molecule has 5 rings (SSSR count). The maximum absolute atomic E-state index is 7.36. The predicted molar refractivity (Wildman–Crippen MR) is 137 cm³/mol. The fourth-order valence-electron chi connectivity index (χ4n) is 5.07. The molecule has 0 amide bonds. The van der Waals surface area contributed by atoms with Gasteiger partial charge in [-0.2, -0.15) is 0 Å². The van der Waals surface area contributed by atoms with Crippen LogP contribution in [0.3, 0.4) is 0 Å². The fraction of sp³-hybridized carbons (Fsp3) is 0.310. The first-order chi connectivity index (χ1) is 16.5. The highest BCUT2D eigenvalue weighted by molar-refractivity contribution is 6.99. The van der Waals surface area contributed by atoms with Crippen molar-refractivity contribution in [3.8, 4) is 0 Å².